The third-order valence-electron chi connectivity index (χ3n) is 3.64. The molecule has 1 atom stereocenters. The molecule has 2 aromatic carbocycles. The molecule has 1 aromatic heterocycles. The second-order valence-corrected chi connectivity index (χ2v) is 6.54. The Balaban J connectivity index is 2.12. The van der Waals surface area contributed by atoms with E-state index in [1.54, 1.807) is 24.3 Å². The molecule has 1 N–H and O–H groups in total. The number of nitriles is 1. The predicted molar refractivity (Wildman–Crippen MR) is 99.4 cm³/mol. The molecule has 0 aliphatic rings. The molecule has 0 fully saturated rings. The molecule has 0 bridgehead atoms. The summed E-state index contributed by atoms with van der Waals surface area (Å²) in [6.45, 7) is 0. The van der Waals surface area contributed by atoms with Crippen molar-refractivity contribution in [3.63, 3.8) is 0 Å². The Bertz CT molecular complexity index is 1110. The van der Waals surface area contributed by atoms with Crippen molar-refractivity contribution in [2.45, 2.75) is 5.92 Å². The van der Waals surface area contributed by atoms with E-state index in [0.29, 0.717) is 16.1 Å². The summed E-state index contributed by atoms with van der Waals surface area (Å²) in [6, 6.07) is 11.8. The summed E-state index contributed by atoms with van der Waals surface area (Å²) in [5, 5.41) is 14.3. The molecular weight excluding hydrogens is 407 g/mol. The molecule has 130 valence electrons. The van der Waals surface area contributed by atoms with E-state index in [2.05, 4.69) is 16.2 Å². The van der Waals surface area contributed by atoms with Crippen molar-refractivity contribution in [3.05, 3.63) is 89.6 Å². The van der Waals surface area contributed by atoms with E-state index in [-0.39, 0.29) is 15.7 Å². The van der Waals surface area contributed by atoms with Gasteiger partial charge in [0, 0.05) is 20.6 Å². The first-order valence-corrected chi connectivity index (χ1v) is 8.37. The van der Waals surface area contributed by atoms with Crippen LogP contribution in [0.15, 0.2) is 52.2 Å². The highest BCUT2D eigenvalue weighted by Crippen LogP contribution is 2.37. The minimum atomic E-state index is -0.730. The van der Waals surface area contributed by atoms with E-state index in [1.165, 1.54) is 12.1 Å². The van der Waals surface area contributed by atoms with Gasteiger partial charge < -0.3 is 0 Å². The summed E-state index contributed by atoms with van der Waals surface area (Å²) in [5.74, 6) is -0.721. The van der Waals surface area contributed by atoms with Gasteiger partial charge in [-0.05, 0) is 29.8 Å². The van der Waals surface area contributed by atoms with Crippen LogP contribution in [0.4, 0.5) is 0 Å². The summed E-state index contributed by atoms with van der Waals surface area (Å²) in [4.78, 5) is 25.1. The second kappa shape index (κ2) is 7.34. The van der Waals surface area contributed by atoms with Gasteiger partial charge in [-0.3, -0.25) is 9.78 Å². The summed E-state index contributed by atoms with van der Waals surface area (Å²) >= 11 is 18.6. The van der Waals surface area contributed by atoms with Crippen molar-refractivity contribution in [2.75, 3.05) is 0 Å². The fourth-order valence-corrected chi connectivity index (χ4v) is 3.29. The fourth-order valence-electron chi connectivity index (χ4n) is 2.47. The third-order valence-corrected chi connectivity index (χ3v) is 4.52. The largest absolute Gasteiger partial charge is 0.349 e. The van der Waals surface area contributed by atoms with E-state index < -0.39 is 17.2 Å². The normalized spacial score (nSPS) is 11.8. The molecule has 0 aliphatic carbocycles. The molecule has 0 saturated carbocycles. The van der Waals surface area contributed by atoms with E-state index in [4.69, 9.17) is 34.8 Å². The van der Waals surface area contributed by atoms with Crippen molar-refractivity contribution in [1.29, 1.82) is 5.26 Å². The molecule has 0 aliphatic heterocycles. The number of hydrogen-bond donors (Lipinski definition) is 1. The SMILES string of the molecule is [15N]#[13C]C(c1ccc(Cl)cc1)[13c]1[13c](Cl)[13cH][13c](-n2ncc(=O)[nH]c2=O)[13cH][13c]1Cl. The number of aromatic nitrogens is 3. The molecule has 0 spiro atoms. The van der Waals surface area contributed by atoms with Crippen LogP contribution < -0.4 is 11.2 Å². The summed E-state index contributed by atoms with van der Waals surface area (Å²) in [6.07, 6.45) is 0.961. The Kier molecular flexibility index (Phi) is 5.14. The van der Waals surface area contributed by atoms with Gasteiger partial charge in [-0.1, -0.05) is 46.9 Å². The Morgan fingerprint density at radius 1 is 1.08 bits per heavy atom. The molecule has 3 aromatic rings. The molecule has 6 nitrogen and oxygen atoms in total. The number of halogens is 3. The smallest absolute Gasteiger partial charge is 0.271 e. The monoisotopic (exact) mass is 414 g/mol. The zero-order chi connectivity index (χ0) is 18.8. The Labute approximate surface area is 162 Å². The lowest BCUT2D eigenvalue weighted by Crippen LogP contribution is -2.30. The van der Waals surface area contributed by atoms with Crippen LogP contribution in [0, 0.1) is 11.3 Å². The van der Waals surface area contributed by atoms with Gasteiger partial charge in [0.25, 0.3) is 5.56 Å². The first-order valence-electron chi connectivity index (χ1n) is 7.23. The highest BCUT2D eigenvalue weighted by atomic mass is 35.5. The quantitative estimate of drug-likeness (QED) is 0.523. The number of benzene rings is 2. The zero-order valence-corrected chi connectivity index (χ0v) is 15.2. The average Bonchev–Trinajstić information content (AvgIpc) is 2.59. The van der Waals surface area contributed by atoms with Crippen LogP contribution in [0.5, 0.6) is 0 Å². The van der Waals surface area contributed by atoms with E-state index in [0.717, 1.165) is 10.9 Å². The van der Waals surface area contributed by atoms with Crippen LogP contribution in [-0.4, -0.2) is 14.8 Å². The maximum atomic E-state index is 11.9. The lowest BCUT2D eigenvalue weighted by atomic mass is 10.1. The Morgan fingerprint density at radius 2 is 1.69 bits per heavy atom. The van der Waals surface area contributed by atoms with Crippen molar-refractivity contribution in [1.82, 2.24) is 14.8 Å². The average molecular weight is 416 g/mol. The lowest BCUT2D eigenvalue weighted by Gasteiger charge is -2.15. The van der Waals surface area contributed by atoms with Crippen LogP contribution in [0.25, 0.3) is 5.69 Å². The van der Waals surface area contributed by atoms with Crippen LogP contribution in [-0.2, 0) is 0 Å². The fraction of sp³-hybridized carbons (Fsp3) is 0.0588. The molecular formula is C17H9Cl3N4O2. The molecule has 3 rings (SSSR count). The molecule has 9 heteroatoms. The van der Waals surface area contributed by atoms with Gasteiger partial charge in [-0.2, -0.15) is 15.0 Å². The molecule has 26 heavy (non-hydrogen) atoms. The second-order valence-electron chi connectivity index (χ2n) is 5.29. The van der Waals surface area contributed by atoms with E-state index >= 15 is 0 Å². The Hall–Kier alpha value is -2.59. The first kappa shape index (κ1) is 18.2. The minimum absolute atomic E-state index is 0.189. The van der Waals surface area contributed by atoms with Gasteiger partial charge in [-0.15, -0.1) is 0 Å². The highest BCUT2D eigenvalue weighted by Gasteiger charge is 2.21. The van der Waals surface area contributed by atoms with Gasteiger partial charge in [-0.25, -0.2) is 4.79 Å². The molecule has 0 radical (unpaired) electrons. The maximum Gasteiger partial charge on any atom is 0.349 e. The van der Waals surface area contributed by atoms with Gasteiger partial charge in [0.15, 0.2) is 0 Å². The van der Waals surface area contributed by atoms with Gasteiger partial charge in [0.1, 0.15) is 6.20 Å². The van der Waals surface area contributed by atoms with Crippen molar-refractivity contribution >= 4 is 34.8 Å². The van der Waals surface area contributed by atoms with Gasteiger partial charge in [0.05, 0.1) is 17.7 Å². The Morgan fingerprint density at radius 3 is 2.23 bits per heavy atom. The number of hydrogen-bond acceptors (Lipinski definition) is 4. The molecule has 1 unspecified atom stereocenters. The molecule has 1 heterocycles. The van der Waals surface area contributed by atoms with E-state index in [9.17, 15) is 14.9 Å². The van der Waals surface area contributed by atoms with Crippen molar-refractivity contribution < 1.29 is 0 Å². The zero-order valence-electron chi connectivity index (χ0n) is 12.9. The number of rotatable bonds is 3. The lowest BCUT2D eigenvalue weighted by molar-refractivity contribution is 0.749. The maximum absolute atomic E-state index is 11.9. The van der Waals surface area contributed by atoms with Crippen LogP contribution in [0.3, 0.4) is 0 Å². The number of aromatic amines is 1. The number of nitrogens with one attached hydrogen (secondary N) is 1. The highest BCUT2D eigenvalue weighted by molar-refractivity contribution is 6.36. The molecule has 0 amide bonds. The summed E-state index contributed by atoms with van der Waals surface area (Å²) < 4.78 is 0.951. The van der Waals surface area contributed by atoms with Crippen LogP contribution in [0.1, 0.15) is 17.0 Å². The minimum Gasteiger partial charge on any atom is -0.271 e. The summed E-state index contributed by atoms with van der Waals surface area (Å²) in [5.41, 5.74) is -0.00998. The van der Waals surface area contributed by atoms with Gasteiger partial charge in [0.2, 0.25) is 0 Å². The topological polar surface area (TPSA) is 91.5 Å². The third kappa shape index (κ3) is 3.51. The van der Waals surface area contributed by atoms with Crippen molar-refractivity contribution in [2.24, 2.45) is 0 Å². The summed E-state index contributed by atoms with van der Waals surface area (Å²) in [7, 11) is 0. The standard InChI is InChI=1S/C17H9Cl3N4O2/c18-10-3-1-9(2-4-10)12(7-21)16-13(19)5-11(6-14(16)20)24-17(26)23-15(25)8-22-24/h1-6,8,12H,(H,23,25,26)/i5+1,6+1,7+1,11+1,13+1,14+1,16+1,21+1. The number of H-pyrrole nitrogens is 1. The van der Waals surface area contributed by atoms with Crippen LogP contribution >= 0.6 is 34.8 Å². The van der Waals surface area contributed by atoms with Crippen LogP contribution in [0.2, 0.25) is 15.1 Å². The molecule has 0 saturated heterocycles. The van der Waals surface area contributed by atoms with Crippen molar-refractivity contribution in [3.8, 4) is 11.8 Å². The predicted octanol–water partition coefficient (Wildman–Crippen LogP) is 3.54. The van der Waals surface area contributed by atoms with Gasteiger partial charge >= 0.3 is 5.69 Å². The first-order chi connectivity index (χ1) is 12.4. The number of nitrogens with zero attached hydrogens (tertiary/aromatic N) is 3. The van der Waals surface area contributed by atoms with E-state index in [1.807, 2.05) is 0 Å².